The lowest BCUT2D eigenvalue weighted by molar-refractivity contribution is 0.324. The second-order valence-electron chi connectivity index (χ2n) is 2.67. The van der Waals surface area contributed by atoms with Gasteiger partial charge in [-0.3, -0.25) is 5.01 Å². The largest absolute Gasteiger partial charge is 0.355 e. The summed E-state index contributed by atoms with van der Waals surface area (Å²) < 4.78 is 0. The van der Waals surface area contributed by atoms with Gasteiger partial charge >= 0.3 is 0 Å². The fourth-order valence-electron chi connectivity index (χ4n) is 1.29. The Labute approximate surface area is 74.2 Å². The maximum Gasteiger partial charge on any atom is 0.121 e. The summed E-state index contributed by atoms with van der Waals surface area (Å²) in [7, 11) is 2.01. The quantitative estimate of drug-likeness (QED) is 0.457. The van der Waals surface area contributed by atoms with Crippen molar-refractivity contribution in [1.29, 1.82) is 0 Å². The van der Waals surface area contributed by atoms with E-state index in [1.165, 1.54) is 11.4 Å². The van der Waals surface area contributed by atoms with E-state index in [-0.39, 0.29) is 4.95 Å². The van der Waals surface area contributed by atoms with Gasteiger partial charge in [-0.15, -0.1) is 0 Å². The molecule has 0 saturated carbocycles. The van der Waals surface area contributed by atoms with Gasteiger partial charge in [-0.25, -0.2) is 5.43 Å². The van der Waals surface area contributed by atoms with Crippen LogP contribution < -0.4 is 10.7 Å². The lowest BCUT2D eigenvalue weighted by atomic mass is 10.2. The molecule has 0 fully saturated rings. The van der Waals surface area contributed by atoms with Crippen LogP contribution >= 0.6 is 15.9 Å². The number of halogens is 1. The number of nitrogens with zero attached hydrogens (tertiary/aromatic N) is 1. The van der Waals surface area contributed by atoms with Gasteiger partial charge in [-0.05, 0) is 0 Å². The molecule has 0 aromatic carbocycles. The Morgan fingerprint density at radius 3 is 3.36 bits per heavy atom. The average molecular weight is 216 g/mol. The van der Waals surface area contributed by atoms with Gasteiger partial charge in [-0.2, -0.15) is 0 Å². The van der Waals surface area contributed by atoms with Crippen LogP contribution in [-0.4, -0.2) is 23.6 Å². The molecule has 0 aromatic heterocycles. The highest BCUT2D eigenvalue weighted by molar-refractivity contribution is 9.09. The van der Waals surface area contributed by atoms with Crippen molar-refractivity contribution >= 4 is 15.9 Å². The Morgan fingerprint density at radius 2 is 2.55 bits per heavy atom. The van der Waals surface area contributed by atoms with Crippen LogP contribution in [0.4, 0.5) is 0 Å². The molecule has 0 spiro atoms. The summed E-state index contributed by atoms with van der Waals surface area (Å²) in [4.78, 5) is 0.267. The summed E-state index contributed by atoms with van der Waals surface area (Å²) in [5.41, 5.74) is 4.53. The molecule has 0 aromatic rings. The third-order valence-corrected chi connectivity index (χ3v) is 2.42. The molecule has 0 bridgehead atoms. The number of hydrazine groups is 1. The van der Waals surface area contributed by atoms with Crippen LogP contribution in [0, 0.1) is 0 Å². The van der Waals surface area contributed by atoms with E-state index in [1.54, 1.807) is 0 Å². The molecule has 60 valence electrons. The van der Waals surface area contributed by atoms with E-state index < -0.39 is 0 Å². The number of hydrogen-bond acceptors (Lipinski definition) is 3. The van der Waals surface area contributed by atoms with Gasteiger partial charge in [0.2, 0.25) is 0 Å². The number of alkyl halides is 1. The standard InChI is InChI=1S/C7H10BrN3/c1-11-7-5(4-9-11)2-3-6(8)10-7/h2-3,6,9-10H,4H2,1H3. The zero-order valence-corrected chi connectivity index (χ0v) is 7.85. The molecule has 2 rings (SSSR count). The number of rotatable bonds is 0. The monoisotopic (exact) mass is 215 g/mol. The van der Waals surface area contributed by atoms with Crippen molar-refractivity contribution < 1.29 is 0 Å². The molecule has 1 unspecified atom stereocenters. The third kappa shape index (κ3) is 1.16. The number of nitrogens with one attached hydrogen (secondary N) is 2. The zero-order chi connectivity index (χ0) is 7.84. The maximum atomic E-state index is 3.47. The van der Waals surface area contributed by atoms with Gasteiger partial charge in [0.05, 0.1) is 0 Å². The van der Waals surface area contributed by atoms with Crippen molar-refractivity contribution in [2.24, 2.45) is 0 Å². The summed E-state index contributed by atoms with van der Waals surface area (Å²) in [5, 5.41) is 5.31. The lowest BCUT2D eigenvalue weighted by Gasteiger charge is -2.21. The van der Waals surface area contributed by atoms with E-state index in [1.807, 2.05) is 12.1 Å². The van der Waals surface area contributed by atoms with Crippen LogP contribution in [0.5, 0.6) is 0 Å². The minimum Gasteiger partial charge on any atom is -0.355 e. The van der Waals surface area contributed by atoms with Crippen molar-refractivity contribution in [2.75, 3.05) is 13.6 Å². The summed E-state index contributed by atoms with van der Waals surface area (Å²) in [6.07, 6.45) is 4.24. The summed E-state index contributed by atoms with van der Waals surface area (Å²) in [6.45, 7) is 0.926. The highest BCUT2D eigenvalue weighted by Crippen LogP contribution is 2.18. The van der Waals surface area contributed by atoms with Crippen molar-refractivity contribution in [3.8, 4) is 0 Å². The zero-order valence-electron chi connectivity index (χ0n) is 6.26. The van der Waals surface area contributed by atoms with E-state index in [4.69, 9.17) is 0 Å². The Balaban J connectivity index is 2.26. The maximum absolute atomic E-state index is 3.47. The summed E-state index contributed by atoms with van der Waals surface area (Å²) in [5.74, 6) is 1.18. The summed E-state index contributed by atoms with van der Waals surface area (Å²) in [6, 6.07) is 0. The lowest BCUT2D eigenvalue weighted by Crippen LogP contribution is -2.35. The van der Waals surface area contributed by atoms with Gasteiger partial charge in [-0.1, -0.05) is 28.1 Å². The molecule has 0 aliphatic carbocycles. The van der Waals surface area contributed by atoms with Crippen LogP contribution in [0.3, 0.4) is 0 Å². The van der Waals surface area contributed by atoms with Gasteiger partial charge in [0.1, 0.15) is 10.8 Å². The van der Waals surface area contributed by atoms with Crippen molar-refractivity contribution in [2.45, 2.75) is 4.95 Å². The molecule has 11 heavy (non-hydrogen) atoms. The van der Waals surface area contributed by atoms with Crippen molar-refractivity contribution in [1.82, 2.24) is 15.8 Å². The van der Waals surface area contributed by atoms with E-state index >= 15 is 0 Å². The highest BCUT2D eigenvalue weighted by Gasteiger charge is 2.21. The van der Waals surface area contributed by atoms with E-state index in [0.717, 1.165) is 6.54 Å². The van der Waals surface area contributed by atoms with Crippen LogP contribution in [0.1, 0.15) is 0 Å². The predicted molar refractivity (Wildman–Crippen MR) is 47.8 cm³/mol. The molecular formula is C7H10BrN3. The molecule has 1 atom stereocenters. The van der Waals surface area contributed by atoms with Gasteiger partial charge in [0, 0.05) is 19.2 Å². The van der Waals surface area contributed by atoms with Crippen LogP contribution in [0.2, 0.25) is 0 Å². The Morgan fingerprint density at radius 1 is 1.73 bits per heavy atom. The van der Waals surface area contributed by atoms with E-state index in [2.05, 4.69) is 38.8 Å². The first-order chi connectivity index (χ1) is 5.27. The van der Waals surface area contributed by atoms with Crippen molar-refractivity contribution in [3.63, 3.8) is 0 Å². The van der Waals surface area contributed by atoms with Gasteiger partial charge < -0.3 is 5.32 Å². The SMILES string of the molecule is CN1NCC2=C1NC(Br)C=C2. The second kappa shape index (κ2) is 2.53. The fraction of sp³-hybridized carbons (Fsp3) is 0.429. The molecule has 0 saturated heterocycles. The summed E-state index contributed by atoms with van der Waals surface area (Å²) >= 11 is 3.47. The van der Waals surface area contributed by atoms with Crippen LogP contribution in [0.25, 0.3) is 0 Å². The first kappa shape index (κ1) is 7.18. The third-order valence-electron chi connectivity index (χ3n) is 1.89. The van der Waals surface area contributed by atoms with Crippen molar-refractivity contribution in [3.05, 3.63) is 23.5 Å². The predicted octanol–water partition coefficient (Wildman–Crippen LogP) is 0.528. The molecular weight excluding hydrogens is 206 g/mol. The first-order valence-electron chi connectivity index (χ1n) is 3.56. The molecule has 0 radical (unpaired) electrons. The van der Waals surface area contributed by atoms with E-state index in [0.29, 0.717) is 0 Å². The molecule has 3 nitrogen and oxygen atoms in total. The topological polar surface area (TPSA) is 27.3 Å². The number of dihydropyridines is 1. The molecule has 2 aliphatic heterocycles. The molecule has 2 N–H and O–H groups in total. The second-order valence-corrected chi connectivity index (χ2v) is 3.66. The molecule has 4 heteroatoms. The highest BCUT2D eigenvalue weighted by atomic mass is 79.9. The van der Waals surface area contributed by atoms with Gasteiger partial charge in [0.15, 0.2) is 0 Å². The van der Waals surface area contributed by atoms with Crippen LogP contribution in [-0.2, 0) is 0 Å². The first-order valence-corrected chi connectivity index (χ1v) is 4.48. The molecule has 0 amide bonds. The fourth-order valence-corrected chi connectivity index (χ4v) is 1.66. The Bertz CT molecular complexity index is 234. The number of hydrogen-bond donors (Lipinski definition) is 2. The molecule has 2 aliphatic rings. The van der Waals surface area contributed by atoms with Gasteiger partial charge in [0.25, 0.3) is 0 Å². The van der Waals surface area contributed by atoms with E-state index in [9.17, 15) is 0 Å². The Hall–Kier alpha value is -0.480. The smallest absolute Gasteiger partial charge is 0.121 e. The minimum atomic E-state index is 0.267. The molecule has 2 heterocycles. The average Bonchev–Trinajstić information content (AvgIpc) is 2.33. The normalized spacial score (nSPS) is 28.9. The Kier molecular flexibility index (Phi) is 1.65. The minimum absolute atomic E-state index is 0.267. The van der Waals surface area contributed by atoms with Crippen LogP contribution in [0.15, 0.2) is 23.5 Å².